The van der Waals surface area contributed by atoms with Crippen molar-refractivity contribution in [3.8, 4) is 0 Å². The van der Waals surface area contributed by atoms with E-state index in [0.29, 0.717) is 11.5 Å². The number of hydrogen-bond acceptors (Lipinski definition) is 4. The quantitative estimate of drug-likeness (QED) is 0.817. The van der Waals surface area contributed by atoms with Gasteiger partial charge in [-0.3, -0.25) is 4.79 Å². The third-order valence-corrected chi connectivity index (χ3v) is 4.41. The van der Waals surface area contributed by atoms with Gasteiger partial charge in [-0.1, -0.05) is 0 Å². The van der Waals surface area contributed by atoms with Crippen molar-refractivity contribution >= 4 is 17.7 Å². The van der Waals surface area contributed by atoms with Gasteiger partial charge in [0.2, 0.25) is 0 Å². The van der Waals surface area contributed by atoms with Crippen LogP contribution < -0.4 is 0 Å². The van der Waals surface area contributed by atoms with Gasteiger partial charge in [-0.2, -0.15) is 11.8 Å². The van der Waals surface area contributed by atoms with Gasteiger partial charge in [0.05, 0.1) is 11.3 Å². The Kier molecular flexibility index (Phi) is 3.24. The van der Waals surface area contributed by atoms with Gasteiger partial charge in [0.25, 0.3) is 5.91 Å². The Morgan fingerprint density at radius 2 is 2.11 bits per heavy atom. The maximum atomic E-state index is 12.4. The average Bonchev–Trinajstić information content (AvgIpc) is 3.23. The van der Waals surface area contributed by atoms with E-state index in [1.807, 2.05) is 23.6 Å². The SMILES string of the molecule is Cc1nc(C2CC2)ncc1C(=O)N1CCSCC1. The second-order valence-corrected chi connectivity index (χ2v) is 6.13. The smallest absolute Gasteiger partial charge is 0.257 e. The van der Waals surface area contributed by atoms with E-state index in [1.54, 1.807) is 6.20 Å². The van der Waals surface area contributed by atoms with Crippen LogP contribution >= 0.6 is 11.8 Å². The number of carbonyl (C=O) groups is 1. The van der Waals surface area contributed by atoms with E-state index in [1.165, 1.54) is 12.8 Å². The summed E-state index contributed by atoms with van der Waals surface area (Å²) >= 11 is 1.90. The van der Waals surface area contributed by atoms with Gasteiger partial charge in [-0.05, 0) is 19.8 Å². The first-order valence-corrected chi connectivity index (χ1v) is 7.62. The Morgan fingerprint density at radius 3 is 2.72 bits per heavy atom. The van der Waals surface area contributed by atoms with Crippen molar-refractivity contribution in [3.05, 3.63) is 23.3 Å². The first-order chi connectivity index (χ1) is 8.75. The lowest BCUT2D eigenvalue weighted by Crippen LogP contribution is -2.38. The highest BCUT2D eigenvalue weighted by Crippen LogP contribution is 2.37. The fourth-order valence-electron chi connectivity index (χ4n) is 2.17. The molecule has 0 radical (unpaired) electrons. The fraction of sp³-hybridized carbons (Fsp3) is 0.615. The van der Waals surface area contributed by atoms with Crippen LogP contribution in [-0.4, -0.2) is 45.4 Å². The minimum Gasteiger partial charge on any atom is -0.337 e. The van der Waals surface area contributed by atoms with Crippen molar-refractivity contribution < 1.29 is 4.79 Å². The van der Waals surface area contributed by atoms with Crippen LogP contribution in [0.3, 0.4) is 0 Å². The lowest BCUT2D eigenvalue weighted by atomic mass is 10.2. The van der Waals surface area contributed by atoms with Crippen LogP contribution in [0.15, 0.2) is 6.20 Å². The maximum absolute atomic E-state index is 12.4. The molecule has 96 valence electrons. The number of aryl methyl sites for hydroxylation is 1. The van der Waals surface area contributed by atoms with Gasteiger partial charge in [0.15, 0.2) is 0 Å². The van der Waals surface area contributed by atoms with Gasteiger partial charge in [0.1, 0.15) is 5.82 Å². The second kappa shape index (κ2) is 4.88. The normalized spacial score (nSPS) is 19.9. The van der Waals surface area contributed by atoms with E-state index < -0.39 is 0 Å². The zero-order valence-electron chi connectivity index (χ0n) is 10.6. The van der Waals surface area contributed by atoms with Crippen molar-refractivity contribution in [1.82, 2.24) is 14.9 Å². The molecular formula is C13H17N3OS. The molecule has 2 aliphatic rings. The molecule has 2 fully saturated rings. The highest BCUT2D eigenvalue weighted by Gasteiger charge is 2.28. The van der Waals surface area contributed by atoms with Gasteiger partial charge >= 0.3 is 0 Å². The molecule has 1 aliphatic heterocycles. The maximum Gasteiger partial charge on any atom is 0.257 e. The molecule has 0 unspecified atom stereocenters. The second-order valence-electron chi connectivity index (χ2n) is 4.91. The number of amides is 1. The zero-order valence-corrected chi connectivity index (χ0v) is 11.4. The number of rotatable bonds is 2. The summed E-state index contributed by atoms with van der Waals surface area (Å²) in [6.45, 7) is 3.60. The van der Waals surface area contributed by atoms with E-state index >= 15 is 0 Å². The van der Waals surface area contributed by atoms with E-state index in [0.717, 1.165) is 36.1 Å². The van der Waals surface area contributed by atoms with Crippen LogP contribution in [0.5, 0.6) is 0 Å². The molecule has 5 heteroatoms. The van der Waals surface area contributed by atoms with Gasteiger partial charge in [-0.15, -0.1) is 0 Å². The van der Waals surface area contributed by atoms with E-state index in [-0.39, 0.29) is 5.91 Å². The van der Waals surface area contributed by atoms with Crippen molar-refractivity contribution in [2.45, 2.75) is 25.7 Å². The molecule has 0 atom stereocenters. The summed E-state index contributed by atoms with van der Waals surface area (Å²) in [4.78, 5) is 23.1. The summed E-state index contributed by atoms with van der Waals surface area (Å²) in [6.07, 6.45) is 4.10. The number of hydrogen-bond donors (Lipinski definition) is 0. The van der Waals surface area contributed by atoms with Gasteiger partial charge in [0, 0.05) is 36.7 Å². The van der Waals surface area contributed by atoms with E-state index in [4.69, 9.17) is 0 Å². The summed E-state index contributed by atoms with van der Waals surface area (Å²) in [5.41, 5.74) is 1.50. The van der Waals surface area contributed by atoms with Gasteiger partial charge in [-0.25, -0.2) is 9.97 Å². The number of carbonyl (C=O) groups excluding carboxylic acids is 1. The Balaban J connectivity index is 1.80. The van der Waals surface area contributed by atoms with Crippen molar-refractivity contribution in [2.75, 3.05) is 24.6 Å². The van der Waals surface area contributed by atoms with Crippen LogP contribution in [0.1, 0.15) is 40.6 Å². The number of thioether (sulfide) groups is 1. The Bertz CT molecular complexity index is 467. The van der Waals surface area contributed by atoms with E-state index in [9.17, 15) is 4.79 Å². The highest BCUT2D eigenvalue weighted by molar-refractivity contribution is 7.99. The van der Waals surface area contributed by atoms with Crippen LogP contribution in [0.25, 0.3) is 0 Å². The van der Waals surface area contributed by atoms with Crippen LogP contribution in [0.2, 0.25) is 0 Å². The minimum atomic E-state index is 0.0927. The molecule has 18 heavy (non-hydrogen) atoms. The average molecular weight is 263 g/mol. The van der Waals surface area contributed by atoms with Gasteiger partial charge < -0.3 is 4.90 Å². The Morgan fingerprint density at radius 1 is 1.39 bits per heavy atom. The first kappa shape index (κ1) is 12.0. The van der Waals surface area contributed by atoms with E-state index in [2.05, 4.69) is 9.97 Å². The van der Waals surface area contributed by atoms with Crippen LogP contribution in [0.4, 0.5) is 0 Å². The number of aromatic nitrogens is 2. The molecule has 0 bridgehead atoms. The molecule has 4 nitrogen and oxygen atoms in total. The summed E-state index contributed by atoms with van der Waals surface area (Å²) in [5, 5.41) is 0. The molecule has 1 amide bonds. The first-order valence-electron chi connectivity index (χ1n) is 6.46. The Hall–Kier alpha value is -1.10. The molecule has 0 aromatic carbocycles. The van der Waals surface area contributed by atoms with Crippen LogP contribution in [0, 0.1) is 6.92 Å². The molecule has 3 rings (SSSR count). The molecule has 1 aromatic rings. The fourth-order valence-corrected chi connectivity index (χ4v) is 3.07. The molecule has 1 saturated heterocycles. The molecule has 1 saturated carbocycles. The molecular weight excluding hydrogens is 246 g/mol. The van der Waals surface area contributed by atoms with Crippen molar-refractivity contribution in [2.24, 2.45) is 0 Å². The Labute approximate surface area is 111 Å². The third-order valence-electron chi connectivity index (χ3n) is 3.47. The minimum absolute atomic E-state index is 0.0927. The highest BCUT2D eigenvalue weighted by atomic mass is 32.2. The molecule has 1 aliphatic carbocycles. The monoisotopic (exact) mass is 263 g/mol. The van der Waals surface area contributed by atoms with Crippen molar-refractivity contribution in [1.29, 1.82) is 0 Å². The number of nitrogens with zero attached hydrogens (tertiary/aromatic N) is 3. The standard InChI is InChI=1S/C13H17N3OS/c1-9-11(8-14-12(15-9)10-2-3-10)13(17)16-4-6-18-7-5-16/h8,10H,2-7H2,1H3. The largest absolute Gasteiger partial charge is 0.337 e. The molecule has 0 N–H and O–H groups in total. The summed E-state index contributed by atoms with van der Waals surface area (Å²) in [5.74, 6) is 3.62. The lowest BCUT2D eigenvalue weighted by Gasteiger charge is -2.26. The topological polar surface area (TPSA) is 46.1 Å². The molecule has 2 heterocycles. The summed E-state index contributed by atoms with van der Waals surface area (Å²) in [6, 6.07) is 0. The van der Waals surface area contributed by atoms with Crippen molar-refractivity contribution in [3.63, 3.8) is 0 Å². The zero-order chi connectivity index (χ0) is 12.5. The lowest BCUT2D eigenvalue weighted by molar-refractivity contribution is 0.0770. The molecule has 1 aromatic heterocycles. The predicted octanol–water partition coefficient (Wildman–Crippen LogP) is 1.85. The predicted molar refractivity (Wildman–Crippen MR) is 72.0 cm³/mol. The summed E-state index contributed by atoms with van der Waals surface area (Å²) < 4.78 is 0. The molecule has 0 spiro atoms. The third kappa shape index (κ3) is 2.36. The van der Waals surface area contributed by atoms with Crippen LogP contribution in [-0.2, 0) is 0 Å². The summed E-state index contributed by atoms with van der Waals surface area (Å²) in [7, 11) is 0.